The van der Waals surface area contributed by atoms with Crippen molar-refractivity contribution in [2.75, 3.05) is 26.1 Å². The number of benzene rings is 3. The van der Waals surface area contributed by atoms with Crippen LogP contribution in [0.4, 0.5) is 5.82 Å². The highest BCUT2D eigenvalue weighted by atomic mass is 16.6. The van der Waals surface area contributed by atoms with E-state index in [1.54, 1.807) is 21.1 Å². The Balaban J connectivity index is 1.52. The number of nitrogens with one attached hydrogen (secondary N) is 1. The summed E-state index contributed by atoms with van der Waals surface area (Å²) in [4.78, 5) is 28.3. The molecule has 0 bridgehead atoms. The van der Waals surface area contributed by atoms with Gasteiger partial charge in [-0.1, -0.05) is 54.6 Å². The minimum atomic E-state index is -1.09. The SMILES string of the molecule is COc1ccc(C(O[C@@H]2CO[C@@H](n3cc(C)c(NC(C)=O)nc3=O)[C@H](O)C2)(c2ccccc2)c2ccc(OC)cc2)cc1. The van der Waals surface area contributed by atoms with Crippen LogP contribution in [0.2, 0.25) is 0 Å². The van der Waals surface area contributed by atoms with Gasteiger partial charge in [-0.3, -0.25) is 9.36 Å². The number of carbonyl (C=O) groups excluding carboxylic acids is 1. The van der Waals surface area contributed by atoms with Crippen LogP contribution in [0.15, 0.2) is 89.9 Å². The zero-order chi connectivity index (χ0) is 30.6. The van der Waals surface area contributed by atoms with Gasteiger partial charge in [0.2, 0.25) is 5.91 Å². The molecule has 43 heavy (non-hydrogen) atoms. The monoisotopic (exact) mass is 585 g/mol. The van der Waals surface area contributed by atoms with Gasteiger partial charge >= 0.3 is 5.69 Å². The van der Waals surface area contributed by atoms with Gasteiger partial charge in [-0.25, -0.2) is 4.79 Å². The molecule has 0 spiro atoms. The van der Waals surface area contributed by atoms with Crippen LogP contribution in [0.25, 0.3) is 0 Å². The molecule has 1 aliphatic rings. The number of hydrogen-bond acceptors (Lipinski definition) is 8. The van der Waals surface area contributed by atoms with Crippen LogP contribution in [-0.4, -0.2) is 53.6 Å². The summed E-state index contributed by atoms with van der Waals surface area (Å²) in [5.74, 6) is 1.25. The van der Waals surface area contributed by atoms with Crippen molar-refractivity contribution in [3.8, 4) is 11.5 Å². The van der Waals surface area contributed by atoms with Crippen LogP contribution >= 0.6 is 0 Å². The normalized spacial score (nSPS) is 18.6. The summed E-state index contributed by atoms with van der Waals surface area (Å²) in [6.45, 7) is 3.16. The molecule has 0 aliphatic carbocycles. The minimum Gasteiger partial charge on any atom is -0.497 e. The van der Waals surface area contributed by atoms with Crippen LogP contribution in [0, 0.1) is 6.92 Å². The van der Waals surface area contributed by atoms with Gasteiger partial charge in [0.15, 0.2) is 6.23 Å². The van der Waals surface area contributed by atoms with E-state index in [0.717, 1.165) is 16.7 Å². The Bertz CT molecular complexity index is 1560. The number of aromatic nitrogens is 2. The van der Waals surface area contributed by atoms with Crippen molar-refractivity contribution in [3.05, 3.63) is 118 Å². The van der Waals surface area contributed by atoms with Crippen molar-refractivity contribution in [2.45, 2.75) is 44.3 Å². The zero-order valence-corrected chi connectivity index (χ0v) is 24.5. The first kappa shape index (κ1) is 30.0. The molecule has 0 unspecified atom stereocenters. The predicted molar refractivity (Wildman–Crippen MR) is 160 cm³/mol. The number of anilines is 1. The van der Waals surface area contributed by atoms with E-state index < -0.39 is 29.7 Å². The van der Waals surface area contributed by atoms with Crippen molar-refractivity contribution in [3.63, 3.8) is 0 Å². The lowest BCUT2D eigenvalue weighted by Crippen LogP contribution is -2.47. The summed E-state index contributed by atoms with van der Waals surface area (Å²) in [5.41, 5.74) is 1.41. The molecule has 3 aromatic carbocycles. The number of methoxy groups -OCH3 is 2. The first-order valence-electron chi connectivity index (χ1n) is 13.9. The average Bonchev–Trinajstić information content (AvgIpc) is 3.02. The highest BCUT2D eigenvalue weighted by Gasteiger charge is 2.43. The number of aryl methyl sites for hydroxylation is 1. The lowest BCUT2D eigenvalue weighted by molar-refractivity contribution is -0.190. The molecule has 2 N–H and O–H groups in total. The van der Waals surface area contributed by atoms with Crippen LogP contribution in [0.3, 0.4) is 0 Å². The van der Waals surface area contributed by atoms with E-state index in [0.29, 0.717) is 17.1 Å². The summed E-state index contributed by atoms with van der Waals surface area (Å²) in [7, 11) is 3.23. The largest absolute Gasteiger partial charge is 0.497 e. The van der Waals surface area contributed by atoms with E-state index >= 15 is 0 Å². The second kappa shape index (κ2) is 12.8. The molecule has 1 fully saturated rings. The molecular weight excluding hydrogens is 550 g/mol. The third kappa shape index (κ3) is 6.17. The highest BCUT2D eigenvalue weighted by Crippen LogP contribution is 2.44. The second-order valence-electron chi connectivity index (χ2n) is 10.4. The van der Waals surface area contributed by atoms with E-state index in [1.165, 1.54) is 17.7 Å². The van der Waals surface area contributed by atoms with E-state index in [9.17, 15) is 14.7 Å². The van der Waals surface area contributed by atoms with E-state index in [1.807, 2.05) is 78.9 Å². The lowest BCUT2D eigenvalue weighted by Gasteiger charge is -2.42. The summed E-state index contributed by atoms with van der Waals surface area (Å²) in [6.07, 6.45) is -0.898. The number of rotatable bonds is 9. The van der Waals surface area contributed by atoms with Crippen molar-refractivity contribution in [2.24, 2.45) is 0 Å². The molecule has 4 aromatic rings. The quantitative estimate of drug-likeness (QED) is 0.281. The maximum atomic E-state index is 12.8. The van der Waals surface area contributed by atoms with Gasteiger partial charge in [0.25, 0.3) is 0 Å². The topological polar surface area (TPSA) is 121 Å². The van der Waals surface area contributed by atoms with Gasteiger partial charge in [0, 0.05) is 25.1 Å². The van der Waals surface area contributed by atoms with Gasteiger partial charge < -0.3 is 29.4 Å². The molecule has 1 aliphatic heterocycles. The molecule has 5 rings (SSSR count). The average molecular weight is 586 g/mol. The van der Waals surface area contributed by atoms with Gasteiger partial charge in [-0.05, 0) is 47.9 Å². The van der Waals surface area contributed by atoms with E-state index in [4.69, 9.17) is 18.9 Å². The van der Waals surface area contributed by atoms with E-state index in [-0.39, 0.29) is 24.8 Å². The molecule has 10 heteroatoms. The van der Waals surface area contributed by atoms with Gasteiger partial charge in [0.1, 0.15) is 29.0 Å². The van der Waals surface area contributed by atoms with Gasteiger partial charge in [-0.2, -0.15) is 4.98 Å². The fraction of sp³-hybridized carbons (Fsp3) is 0.303. The number of amides is 1. The number of hydrogen-bond donors (Lipinski definition) is 2. The van der Waals surface area contributed by atoms with Crippen molar-refractivity contribution >= 4 is 11.7 Å². The number of ether oxygens (including phenoxy) is 4. The molecule has 2 heterocycles. The van der Waals surface area contributed by atoms with Crippen molar-refractivity contribution in [1.82, 2.24) is 9.55 Å². The Hall–Kier alpha value is -4.51. The smallest absolute Gasteiger partial charge is 0.351 e. The summed E-state index contributed by atoms with van der Waals surface area (Å²) in [5, 5.41) is 13.8. The molecule has 10 nitrogen and oxygen atoms in total. The maximum absolute atomic E-state index is 12.8. The van der Waals surface area contributed by atoms with E-state index in [2.05, 4.69) is 10.3 Å². The highest BCUT2D eigenvalue weighted by molar-refractivity contribution is 5.88. The molecule has 1 saturated heterocycles. The molecule has 3 atom stereocenters. The minimum absolute atomic E-state index is 0.0988. The molecule has 0 radical (unpaired) electrons. The predicted octanol–water partition coefficient (Wildman–Crippen LogP) is 4.18. The first-order valence-corrected chi connectivity index (χ1v) is 13.9. The molecule has 0 saturated carbocycles. The van der Waals surface area contributed by atoms with Gasteiger partial charge in [0.05, 0.1) is 26.9 Å². The Morgan fingerprint density at radius 1 is 0.953 bits per heavy atom. The second-order valence-corrected chi connectivity index (χ2v) is 10.4. The fourth-order valence-corrected chi connectivity index (χ4v) is 5.44. The molecule has 224 valence electrons. The van der Waals surface area contributed by atoms with Crippen molar-refractivity contribution in [1.29, 1.82) is 0 Å². The van der Waals surface area contributed by atoms with Crippen LogP contribution < -0.4 is 20.5 Å². The maximum Gasteiger partial charge on any atom is 0.351 e. The summed E-state index contributed by atoms with van der Waals surface area (Å²) >= 11 is 0. The summed E-state index contributed by atoms with van der Waals surface area (Å²) < 4.78 is 25.2. The Kier molecular flexibility index (Phi) is 8.91. The lowest BCUT2D eigenvalue weighted by atomic mass is 9.79. The van der Waals surface area contributed by atoms with Crippen LogP contribution in [-0.2, 0) is 19.9 Å². The third-order valence-electron chi connectivity index (χ3n) is 7.51. The zero-order valence-electron chi connectivity index (χ0n) is 24.5. The summed E-state index contributed by atoms with van der Waals surface area (Å²) in [6, 6.07) is 25.2. The van der Waals surface area contributed by atoms with Crippen LogP contribution in [0.1, 0.15) is 41.8 Å². The number of nitrogens with zero attached hydrogens (tertiary/aromatic N) is 2. The van der Waals surface area contributed by atoms with Gasteiger partial charge in [-0.15, -0.1) is 0 Å². The molecule has 1 aromatic heterocycles. The number of aliphatic hydroxyl groups excluding tert-OH is 1. The van der Waals surface area contributed by atoms with Crippen molar-refractivity contribution < 1.29 is 28.8 Å². The third-order valence-corrected chi connectivity index (χ3v) is 7.51. The molecule has 1 amide bonds. The Morgan fingerprint density at radius 2 is 1.51 bits per heavy atom. The number of aliphatic hydroxyl groups is 1. The standard InChI is InChI=1S/C33H35N3O7/c1-21-19-36(32(39)35-30(21)34-22(2)37)31-29(38)18-28(20-42-31)43-33(23-8-6-5-7-9-23,24-10-14-26(40-3)15-11-24)25-12-16-27(41-4)17-13-25/h5-17,19,28-29,31,38H,18,20H2,1-4H3,(H,34,35,37,39)/t28-,29+,31+/m0/s1. The van der Waals surface area contributed by atoms with Crippen LogP contribution in [0.5, 0.6) is 11.5 Å². The Morgan fingerprint density at radius 3 is 2.02 bits per heavy atom. The first-order chi connectivity index (χ1) is 20.7. The molecular formula is C33H35N3O7. The Labute approximate surface area is 249 Å². The number of carbonyl (C=O) groups is 1. The fourth-order valence-electron chi connectivity index (χ4n) is 5.44.